The first kappa shape index (κ1) is 14.6. The number of nitrogens with one attached hydrogen (secondary N) is 1. The molecule has 108 valence electrons. The summed E-state index contributed by atoms with van der Waals surface area (Å²) in [6.45, 7) is 2.12. The second kappa shape index (κ2) is 5.79. The van der Waals surface area contributed by atoms with Crippen LogP contribution in [0, 0.1) is 0 Å². The zero-order chi connectivity index (χ0) is 15.0. The summed E-state index contributed by atoms with van der Waals surface area (Å²) in [4.78, 5) is 10.8. The fraction of sp³-hybridized carbons (Fsp3) is 0.143. The molecule has 0 amide bonds. The molecule has 0 saturated heterocycles. The van der Waals surface area contributed by atoms with Crippen LogP contribution in [0.4, 0.5) is 17.5 Å². The van der Waals surface area contributed by atoms with E-state index in [1.807, 2.05) is 18.2 Å². The van der Waals surface area contributed by atoms with Gasteiger partial charge >= 0.3 is 0 Å². The summed E-state index contributed by atoms with van der Waals surface area (Å²) >= 11 is 11.1. The van der Waals surface area contributed by atoms with Gasteiger partial charge in [0.2, 0.25) is 5.95 Å². The number of benzene rings is 1. The number of anilines is 3. The molecule has 0 aliphatic rings. The first-order valence-corrected chi connectivity index (χ1v) is 8.33. The molecular formula is C14H12BrClN4S. The molecule has 21 heavy (non-hydrogen) atoms. The zero-order valence-electron chi connectivity index (χ0n) is 11.2. The Morgan fingerprint density at radius 2 is 2.14 bits per heavy atom. The summed E-state index contributed by atoms with van der Waals surface area (Å²) in [6, 6.07) is 7.72. The first-order chi connectivity index (χ1) is 10.1. The molecule has 0 fully saturated rings. The van der Waals surface area contributed by atoms with Crippen LogP contribution < -0.4 is 11.1 Å². The van der Waals surface area contributed by atoms with Gasteiger partial charge in [-0.2, -0.15) is 4.98 Å². The Kier molecular flexibility index (Phi) is 4.01. The topological polar surface area (TPSA) is 63.8 Å². The van der Waals surface area contributed by atoms with E-state index in [9.17, 15) is 0 Å². The molecule has 0 radical (unpaired) electrons. The fourth-order valence-electron chi connectivity index (χ4n) is 1.97. The number of hydrogen-bond donors (Lipinski definition) is 2. The van der Waals surface area contributed by atoms with Crippen LogP contribution in [0.2, 0.25) is 5.02 Å². The lowest BCUT2D eigenvalue weighted by Gasteiger charge is -2.08. The maximum Gasteiger partial charge on any atom is 0.223 e. The van der Waals surface area contributed by atoms with Gasteiger partial charge in [0.25, 0.3) is 0 Å². The van der Waals surface area contributed by atoms with Gasteiger partial charge in [-0.15, -0.1) is 11.3 Å². The second-order valence-corrected chi connectivity index (χ2v) is 6.85. The van der Waals surface area contributed by atoms with E-state index in [2.05, 4.69) is 44.2 Å². The van der Waals surface area contributed by atoms with Crippen LogP contribution >= 0.6 is 38.9 Å². The van der Waals surface area contributed by atoms with E-state index in [1.54, 1.807) is 11.3 Å². The third-order valence-electron chi connectivity index (χ3n) is 2.99. The van der Waals surface area contributed by atoms with Crippen LogP contribution in [0.25, 0.3) is 10.2 Å². The van der Waals surface area contributed by atoms with Gasteiger partial charge in [-0.1, -0.05) is 18.5 Å². The van der Waals surface area contributed by atoms with Crippen molar-refractivity contribution in [1.29, 1.82) is 0 Å². The van der Waals surface area contributed by atoms with Gasteiger partial charge in [0, 0.05) is 15.0 Å². The van der Waals surface area contributed by atoms with Crippen molar-refractivity contribution in [2.45, 2.75) is 13.3 Å². The molecule has 0 saturated carbocycles. The summed E-state index contributed by atoms with van der Waals surface area (Å²) in [6.07, 6.45) is 0.965. The molecule has 4 nitrogen and oxygen atoms in total. The third-order valence-corrected chi connectivity index (χ3v) is 5.38. The molecule has 7 heteroatoms. The Morgan fingerprint density at radius 3 is 2.86 bits per heavy atom. The molecular weight excluding hydrogens is 372 g/mol. The third kappa shape index (κ3) is 2.97. The summed E-state index contributed by atoms with van der Waals surface area (Å²) in [5.41, 5.74) is 6.68. The van der Waals surface area contributed by atoms with Gasteiger partial charge in [-0.25, -0.2) is 4.98 Å². The van der Waals surface area contributed by atoms with Crippen molar-refractivity contribution in [3.8, 4) is 0 Å². The highest BCUT2D eigenvalue weighted by Crippen LogP contribution is 2.33. The lowest BCUT2D eigenvalue weighted by Crippen LogP contribution is -2.00. The molecule has 3 rings (SSSR count). The predicted octanol–water partition coefficient (Wildman–Crippen LogP) is 5.00. The largest absolute Gasteiger partial charge is 0.368 e. The van der Waals surface area contributed by atoms with Gasteiger partial charge in [0.15, 0.2) is 0 Å². The molecule has 0 bridgehead atoms. The number of aryl methyl sites for hydroxylation is 1. The second-order valence-electron chi connectivity index (χ2n) is 4.47. The molecule has 3 N–H and O–H groups in total. The Bertz CT molecular complexity index is 818. The van der Waals surface area contributed by atoms with Gasteiger partial charge < -0.3 is 11.1 Å². The monoisotopic (exact) mass is 382 g/mol. The van der Waals surface area contributed by atoms with Crippen LogP contribution in [0.3, 0.4) is 0 Å². The quantitative estimate of drug-likeness (QED) is 0.668. The molecule has 2 heterocycles. The summed E-state index contributed by atoms with van der Waals surface area (Å²) in [5, 5.41) is 4.93. The summed E-state index contributed by atoms with van der Waals surface area (Å²) in [5.74, 6) is 0.977. The van der Waals surface area contributed by atoms with E-state index in [1.165, 1.54) is 4.88 Å². The molecule has 1 aromatic carbocycles. The molecule has 0 aliphatic carbocycles. The number of nitrogens with zero attached hydrogens (tertiary/aromatic N) is 2. The minimum absolute atomic E-state index is 0.266. The van der Waals surface area contributed by atoms with Crippen LogP contribution in [0.15, 0.2) is 28.7 Å². The maximum atomic E-state index is 6.01. The number of halogens is 2. The van der Waals surface area contributed by atoms with E-state index in [0.717, 1.165) is 26.8 Å². The number of nitrogen functional groups attached to an aromatic ring is 1. The maximum absolute atomic E-state index is 6.01. The summed E-state index contributed by atoms with van der Waals surface area (Å²) in [7, 11) is 0. The van der Waals surface area contributed by atoms with Crippen molar-refractivity contribution in [1.82, 2.24) is 9.97 Å². The van der Waals surface area contributed by atoms with Crippen molar-refractivity contribution in [3.63, 3.8) is 0 Å². The first-order valence-electron chi connectivity index (χ1n) is 6.35. The standard InChI is InChI=1S/C14H12BrClN4S/c1-2-8-6-9-12(19-14(17)20-13(9)21-8)18-7-3-4-11(16)10(15)5-7/h3-6H,2H2,1H3,(H3,17,18,19,20). The van der Waals surface area contributed by atoms with Crippen LogP contribution in [-0.2, 0) is 6.42 Å². The molecule has 0 unspecified atom stereocenters. The van der Waals surface area contributed by atoms with Crippen LogP contribution in [-0.4, -0.2) is 9.97 Å². The Hall–Kier alpha value is -1.37. The van der Waals surface area contributed by atoms with Crippen LogP contribution in [0.5, 0.6) is 0 Å². The van der Waals surface area contributed by atoms with E-state index in [0.29, 0.717) is 10.8 Å². The van der Waals surface area contributed by atoms with Crippen molar-refractivity contribution in [2.24, 2.45) is 0 Å². The molecule has 0 spiro atoms. The Morgan fingerprint density at radius 1 is 1.33 bits per heavy atom. The number of hydrogen-bond acceptors (Lipinski definition) is 5. The van der Waals surface area contributed by atoms with Crippen molar-refractivity contribution in [3.05, 3.63) is 38.6 Å². The van der Waals surface area contributed by atoms with Gasteiger partial charge in [0.05, 0.1) is 10.4 Å². The number of rotatable bonds is 3. The molecule has 0 aliphatic heterocycles. The predicted molar refractivity (Wildman–Crippen MR) is 93.6 cm³/mol. The number of thiophene rings is 1. The van der Waals surface area contributed by atoms with Crippen molar-refractivity contribution < 1.29 is 0 Å². The van der Waals surface area contributed by atoms with Gasteiger partial charge in [-0.05, 0) is 46.6 Å². The lowest BCUT2D eigenvalue weighted by molar-refractivity contribution is 1.19. The molecule has 0 atom stereocenters. The Labute approximate surface area is 139 Å². The smallest absolute Gasteiger partial charge is 0.223 e. The fourth-order valence-corrected chi connectivity index (χ4v) is 3.44. The van der Waals surface area contributed by atoms with E-state index >= 15 is 0 Å². The zero-order valence-corrected chi connectivity index (χ0v) is 14.3. The highest BCUT2D eigenvalue weighted by Gasteiger charge is 2.11. The number of nitrogens with two attached hydrogens (primary N) is 1. The SMILES string of the molecule is CCc1cc2c(Nc3ccc(Cl)c(Br)c3)nc(N)nc2s1. The Balaban J connectivity index is 2.06. The number of fused-ring (bicyclic) bond motifs is 1. The van der Waals surface area contributed by atoms with E-state index in [-0.39, 0.29) is 5.95 Å². The minimum Gasteiger partial charge on any atom is -0.368 e. The van der Waals surface area contributed by atoms with Crippen LogP contribution in [0.1, 0.15) is 11.8 Å². The lowest BCUT2D eigenvalue weighted by atomic mass is 10.3. The minimum atomic E-state index is 0.266. The highest BCUT2D eigenvalue weighted by molar-refractivity contribution is 9.10. The van der Waals surface area contributed by atoms with Gasteiger partial charge in [0.1, 0.15) is 10.6 Å². The van der Waals surface area contributed by atoms with E-state index < -0.39 is 0 Å². The summed E-state index contributed by atoms with van der Waals surface area (Å²) < 4.78 is 0.826. The van der Waals surface area contributed by atoms with Crippen molar-refractivity contribution in [2.75, 3.05) is 11.1 Å². The highest BCUT2D eigenvalue weighted by atomic mass is 79.9. The average molecular weight is 384 g/mol. The van der Waals surface area contributed by atoms with Crippen molar-refractivity contribution >= 4 is 66.5 Å². The molecule has 3 aromatic rings. The van der Waals surface area contributed by atoms with E-state index in [4.69, 9.17) is 17.3 Å². The molecule has 2 aromatic heterocycles. The van der Waals surface area contributed by atoms with Gasteiger partial charge in [-0.3, -0.25) is 0 Å². The number of aromatic nitrogens is 2. The average Bonchev–Trinajstić information content (AvgIpc) is 2.86. The normalized spacial score (nSPS) is 11.0.